The van der Waals surface area contributed by atoms with Gasteiger partial charge in [0.15, 0.2) is 0 Å². The van der Waals surface area contributed by atoms with Crippen molar-refractivity contribution in [3.8, 4) is 0 Å². The molecule has 0 unspecified atom stereocenters. The molecule has 90 valence electrons. The molecular weight excluding hydrogens is 194 g/mol. The molecule has 1 heteroatoms. The van der Waals surface area contributed by atoms with Crippen molar-refractivity contribution in [3.63, 3.8) is 0 Å². The van der Waals surface area contributed by atoms with Gasteiger partial charge in [-0.25, -0.2) is 0 Å². The molecule has 0 aliphatic carbocycles. The van der Waals surface area contributed by atoms with Gasteiger partial charge in [0.05, 0.1) is 0 Å². The first-order valence-electron chi connectivity index (χ1n) is 6.45. The molecule has 1 nitrogen and oxygen atoms in total. The molecule has 1 aromatic rings. The van der Waals surface area contributed by atoms with Crippen LogP contribution >= 0.6 is 0 Å². The van der Waals surface area contributed by atoms with E-state index in [4.69, 9.17) is 5.73 Å². The fourth-order valence-electron chi connectivity index (χ4n) is 2.60. The summed E-state index contributed by atoms with van der Waals surface area (Å²) in [5.41, 5.74) is 9.00. The second-order valence-electron chi connectivity index (χ2n) is 4.85. The summed E-state index contributed by atoms with van der Waals surface area (Å²) < 4.78 is 0. The molecule has 0 spiro atoms. The van der Waals surface area contributed by atoms with Gasteiger partial charge < -0.3 is 5.73 Å². The van der Waals surface area contributed by atoms with E-state index < -0.39 is 0 Å². The van der Waals surface area contributed by atoms with E-state index in [0.717, 1.165) is 6.54 Å². The van der Waals surface area contributed by atoms with Crippen LogP contribution in [0.25, 0.3) is 0 Å². The topological polar surface area (TPSA) is 26.0 Å². The monoisotopic (exact) mass is 219 g/mol. The van der Waals surface area contributed by atoms with Crippen molar-refractivity contribution < 1.29 is 0 Å². The second-order valence-corrected chi connectivity index (χ2v) is 4.85. The normalized spacial score (nSPS) is 11.8. The fraction of sp³-hybridized carbons (Fsp3) is 0.600. The van der Waals surface area contributed by atoms with Crippen LogP contribution in [0.2, 0.25) is 0 Å². The van der Waals surface area contributed by atoms with Gasteiger partial charge in [-0.1, -0.05) is 56.5 Å². The van der Waals surface area contributed by atoms with E-state index in [1.54, 1.807) is 0 Å². The Morgan fingerprint density at radius 2 is 1.50 bits per heavy atom. The van der Waals surface area contributed by atoms with Crippen molar-refractivity contribution in [1.82, 2.24) is 0 Å². The quantitative estimate of drug-likeness (QED) is 0.774. The third-order valence-electron chi connectivity index (χ3n) is 3.51. The number of hydrogen-bond acceptors (Lipinski definition) is 1. The molecule has 0 atom stereocenters. The van der Waals surface area contributed by atoms with Crippen LogP contribution in [0.4, 0.5) is 0 Å². The van der Waals surface area contributed by atoms with Crippen molar-refractivity contribution in [2.24, 2.45) is 5.73 Å². The van der Waals surface area contributed by atoms with Crippen LogP contribution in [0.15, 0.2) is 24.3 Å². The Bertz CT molecular complexity index is 294. The van der Waals surface area contributed by atoms with E-state index in [2.05, 4.69) is 45.0 Å². The van der Waals surface area contributed by atoms with Crippen molar-refractivity contribution in [1.29, 1.82) is 0 Å². The minimum absolute atomic E-state index is 0.206. The molecule has 0 aliphatic heterocycles. The summed E-state index contributed by atoms with van der Waals surface area (Å²) in [4.78, 5) is 0. The van der Waals surface area contributed by atoms with E-state index in [-0.39, 0.29) is 5.41 Å². The summed E-state index contributed by atoms with van der Waals surface area (Å²) >= 11 is 0. The number of aryl methyl sites for hydroxylation is 1. The summed E-state index contributed by atoms with van der Waals surface area (Å²) in [5.74, 6) is 0. The standard InChI is InChI=1S/C15H25N/c1-4-10-15(12-16,11-5-2)14-8-6-13(3)7-9-14/h6-9H,4-5,10-12,16H2,1-3H3. The molecule has 2 N–H and O–H groups in total. The molecule has 16 heavy (non-hydrogen) atoms. The second kappa shape index (κ2) is 6.05. The van der Waals surface area contributed by atoms with Crippen LogP contribution in [-0.4, -0.2) is 6.54 Å². The lowest BCUT2D eigenvalue weighted by Crippen LogP contribution is -2.35. The molecule has 0 saturated heterocycles. The van der Waals surface area contributed by atoms with Gasteiger partial charge in [-0.3, -0.25) is 0 Å². The predicted octanol–water partition coefficient (Wildman–Crippen LogP) is 3.79. The third kappa shape index (κ3) is 2.85. The number of rotatable bonds is 6. The van der Waals surface area contributed by atoms with E-state index in [1.807, 2.05) is 0 Å². The highest BCUT2D eigenvalue weighted by molar-refractivity contribution is 5.29. The van der Waals surface area contributed by atoms with Gasteiger partial charge in [-0.05, 0) is 25.3 Å². The molecule has 0 amide bonds. The molecule has 0 bridgehead atoms. The van der Waals surface area contributed by atoms with Crippen LogP contribution in [0.5, 0.6) is 0 Å². The molecule has 1 rings (SSSR count). The smallest absolute Gasteiger partial charge is 0.00753 e. The SMILES string of the molecule is CCCC(CN)(CCC)c1ccc(C)cc1. The van der Waals surface area contributed by atoms with Gasteiger partial charge in [0.1, 0.15) is 0 Å². The minimum Gasteiger partial charge on any atom is -0.330 e. The first-order chi connectivity index (χ1) is 7.68. The first kappa shape index (κ1) is 13.2. The number of hydrogen-bond donors (Lipinski definition) is 1. The lowest BCUT2D eigenvalue weighted by molar-refractivity contribution is 0.365. The van der Waals surface area contributed by atoms with Crippen molar-refractivity contribution in [2.75, 3.05) is 6.54 Å². The minimum atomic E-state index is 0.206. The summed E-state index contributed by atoms with van der Waals surface area (Å²) in [6, 6.07) is 8.91. The Morgan fingerprint density at radius 1 is 1.00 bits per heavy atom. The molecular formula is C15H25N. The summed E-state index contributed by atoms with van der Waals surface area (Å²) in [5, 5.41) is 0. The predicted molar refractivity (Wildman–Crippen MR) is 71.7 cm³/mol. The van der Waals surface area contributed by atoms with Crippen molar-refractivity contribution in [2.45, 2.75) is 51.9 Å². The Kier molecular flexibility index (Phi) is 5.01. The van der Waals surface area contributed by atoms with E-state index >= 15 is 0 Å². The van der Waals surface area contributed by atoms with Gasteiger partial charge >= 0.3 is 0 Å². The van der Waals surface area contributed by atoms with Gasteiger partial charge in [-0.2, -0.15) is 0 Å². The molecule has 0 saturated carbocycles. The Balaban J connectivity index is 3.02. The highest BCUT2D eigenvalue weighted by Gasteiger charge is 2.28. The zero-order valence-electron chi connectivity index (χ0n) is 10.9. The van der Waals surface area contributed by atoms with Gasteiger partial charge in [0.25, 0.3) is 0 Å². The van der Waals surface area contributed by atoms with Crippen LogP contribution in [-0.2, 0) is 5.41 Å². The Labute approximate surface area is 100 Å². The number of benzene rings is 1. The first-order valence-corrected chi connectivity index (χ1v) is 6.45. The Morgan fingerprint density at radius 3 is 1.88 bits per heavy atom. The summed E-state index contributed by atoms with van der Waals surface area (Å²) in [6.07, 6.45) is 4.79. The molecule has 1 aromatic carbocycles. The molecule has 0 aliphatic rings. The molecule has 0 fully saturated rings. The van der Waals surface area contributed by atoms with Gasteiger partial charge in [-0.15, -0.1) is 0 Å². The van der Waals surface area contributed by atoms with Gasteiger partial charge in [0.2, 0.25) is 0 Å². The number of nitrogens with two attached hydrogens (primary N) is 1. The van der Waals surface area contributed by atoms with E-state index in [0.29, 0.717) is 0 Å². The summed E-state index contributed by atoms with van der Waals surface area (Å²) in [7, 11) is 0. The maximum absolute atomic E-state index is 6.05. The van der Waals surface area contributed by atoms with Crippen molar-refractivity contribution >= 4 is 0 Å². The van der Waals surface area contributed by atoms with E-state index in [1.165, 1.54) is 36.8 Å². The highest BCUT2D eigenvalue weighted by Crippen LogP contribution is 2.33. The van der Waals surface area contributed by atoms with Gasteiger partial charge in [0, 0.05) is 12.0 Å². The van der Waals surface area contributed by atoms with Crippen molar-refractivity contribution in [3.05, 3.63) is 35.4 Å². The highest BCUT2D eigenvalue weighted by atomic mass is 14.6. The Hall–Kier alpha value is -0.820. The lowest BCUT2D eigenvalue weighted by Gasteiger charge is -2.33. The zero-order chi connectivity index (χ0) is 12.0. The maximum Gasteiger partial charge on any atom is 0.00753 e. The van der Waals surface area contributed by atoms with Crippen LogP contribution < -0.4 is 5.73 Å². The largest absolute Gasteiger partial charge is 0.330 e. The molecule has 0 aromatic heterocycles. The molecule has 0 heterocycles. The average Bonchev–Trinajstić information content (AvgIpc) is 2.29. The van der Waals surface area contributed by atoms with Crippen LogP contribution in [0, 0.1) is 6.92 Å². The maximum atomic E-state index is 6.05. The fourth-order valence-corrected chi connectivity index (χ4v) is 2.60. The lowest BCUT2D eigenvalue weighted by atomic mass is 9.73. The van der Waals surface area contributed by atoms with Crippen LogP contribution in [0.3, 0.4) is 0 Å². The third-order valence-corrected chi connectivity index (χ3v) is 3.51. The summed E-state index contributed by atoms with van der Waals surface area (Å²) in [6.45, 7) is 7.38. The zero-order valence-corrected chi connectivity index (χ0v) is 10.9. The van der Waals surface area contributed by atoms with E-state index in [9.17, 15) is 0 Å². The van der Waals surface area contributed by atoms with Crippen LogP contribution in [0.1, 0.15) is 50.7 Å². The molecule has 0 radical (unpaired) electrons. The average molecular weight is 219 g/mol.